The summed E-state index contributed by atoms with van der Waals surface area (Å²) in [7, 11) is -2.88. The Morgan fingerprint density at radius 3 is 2.83 bits per heavy atom. The van der Waals surface area contributed by atoms with Gasteiger partial charge >= 0.3 is 0 Å². The number of sulfone groups is 1. The Morgan fingerprint density at radius 2 is 2.09 bits per heavy atom. The first-order chi connectivity index (χ1) is 10.9. The van der Waals surface area contributed by atoms with E-state index in [0.29, 0.717) is 5.75 Å². The number of likely N-dealkylation sites (tertiary alicyclic amines) is 1. The Balaban J connectivity index is 1.71. The lowest BCUT2D eigenvalue weighted by molar-refractivity contribution is 0.178. The van der Waals surface area contributed by atoms with Crippen molar-refractivity contribution >= 4 is 20.7 Å². The third-order valence-corrected chi connectivity index (χ3v) is 5.80. The standard InChI is InChI=1S/C18H26N2O2S/c1-3-20-10-8-17-7-6-15(11-18(17)20)12-19-9-4-5-16(13-19)14-23(2,21)22/h6-8,10-11,16H,3-5,9,12-14H2,1-2H3/t16-/m1/s1. The molecule has 1 fully saturated rings. The average Bonchev–Trinajstić information content (AvgIpc) is 2.88. The number of fused-ring (bicyclic) bond motifs is 1. The third kappa shape index (κ3) is 4.15. The fraction of sp³-hybridized carbons (Fsp3) is 0.556. The maximum atomic E-state index is 11.5. The summed E-state index contributed by atoms with van der Waals surface area (Å²) in [6.07, 6.45) is 5.60. The fourth-order valence-corrected chi connectivity index (χ4v) is 4.85. The molecule has 1 saturated heterocycles. The van der Waals surface area contributed by atoms with Gasteiger partial charge in [-0.25, -0.2) is 8.42 Å². The van der Waals surface area contributed by atoms with E-state index in [9.17, 15) is 8.42 Å². The maximum absolute atomic E-state index is 11.5. The molecule has 0 bridgehead atoms. The molecule has 1 aromatic carbocycles. The number of benzene rings is 1. The molecular weight excluding hydrogens is 308 g/mol. The van der Waals surface area contributed by atoms with Gasteiger partial charge < -0.3 is 4.57 Å². The zero-order chi connectivity index (χ0) is 16.4. The number of hydrogen-bond acceptors (Lipinski definition) is 3. The van der Waals surface area contributed by atoms with Gasteiger partial charge in [-0.2, -0.15) is 0 Å². The predicted molar refractivity (Wildman–Crippen MR) is 95.3 cm³/mol. The number of rotatable bonds is 5. The molecule has 5 heteroatoms. The van der Waals surface area contributed by atoms with Gasteiger partial charge in [-0.1, -0.05) is 12.1 Å². The monoisotopic (exact) mass is 334 g/mol. The molecule has 1 aliphatic rings. The molecule has 0 spiro atoms. The highest BCUT2D eigenvalue weighted by atomic mass is 32.2. The van der Waals surface area contributed by atoms with Gasteiger partial charge in [0.2, 0.25) is 0 Å². The smallest absolute Gasteiger partial charge is 0.147 e. The van der Waals surface area contributed by atoms with Crippen molar-refractivity contribution < 1.29 is 8.42 Å². The summed E-state index contributed by atoms with van der Waals surface area (Å²) >= 11 is 0. The highest BCUT2D eigenvalue weighted by molar-refractivity contribution is 7.90. The molecule has 4 nitrogen and oxygen atoms in total. The molecule has 126 valence electrons. The van der Waals surface area contributed by atoms with Gasteiger partial charge in [0.15, 0.2) is 0 Å². The Bertz CT molecular complexity index is 779. The molecule has 1 aromatic heterocycles. The van der Waals surface area contributed by atoms with Crippen LogP contribution in [0.1, 0.15) is 25.3 Å². The van der Waals surface area contributed by atoms with E-state index in [1.165, 1.54) is 22.7 Å². The van der Waals surface area contributed by atoms with E-state index in [1.54, 1.807) is 0 Å². The molecule has 0 unspecified atom stereocenters. The molecule has 23 heavy (non-hydrogen) atoms. The Hall–Kier alpha value is -1.33. The first-order valence-corrected chi connectivity index (χ1v) is 10.5. The maximum Gasteiger partial charge on any atom is 0.147 e. The van der Waals surface area contributed by atoms with Crippen molar-refractivity contribution in [3.63, 3.8) is 0 Å². The predicted octanol–water partition coefficient (Wildman–Crippen LogP) is 2.92. The van der Waals surface area contributed by atoms with Crippen LogP contribution in [0.2, 0.25) is 0 Å². The van der Waals surface area contributed by atoms with Crippen molar-refractivity contribution in [1.82, 2.24) is 9.47 Å². The molecule has 3 rings (SSSR count). The molecule has 2 heterocycles. The van der Waals surface area contributed by atoms with Crippen LogP contribution in [0, 0.1) is 5.92 Å². The SMILES string of the molecule is CCn1ccc2ccc(CN3CCC[C@@H](CS(C)(=O)=O)C3)cc21. The van der Waals surface area contributed by atoms with E-state index in [4.69, 9.17) is 0 Å². The zero-order valence-corrected chi connectivity index (χ0v) is 14.8. The highest BCUT2D eigenvalue weighted by Gasteiger charge is 2.23. The Morgan fingerprint density at radius 1 is 1.26 bits per heavy atom. The average molecular weight is 334 g/mol. The van der Waals surface area contributed by atoms with Gasteiger partial charge in [-0.05, 0) is 55.3 Å². The van der Waals surface area contributed by atoms with Crippen LogP contribution in [0.25, 0.3) is 10.9 Å². The van der Waals surface area contributed by atoms with Crippen LogP contribution >= 0.6 is 0 Å². The van der Waals surface area contributed by atoms with Gasteiger partial charge in [-0.3, -0.25) is 4.90 Å². The van der Waals surface area contributed by atoms with Crippen LogP contribution in [0.4, 0.5) is 0 Å². The lowest BCUT2D eigenvalue weighted by Gasteiger charge is -2.32. The second kappa shape index (κ2) is 6.65. The Labute approximate surface area is 139 Å². The van der Waals surface area contributed by atoms with Crippen molar-refractivity contribution in [2.45, 2.75) is 32.9 Å². The van der Waals surface area contributed by atoms with Gasteiger partial charge in [-0.15, -0.1) is 0 Å². The molecule has 0 N–H and O–H groups in total. The van der Waals surface area contributed by atoms with E-state index in [0.717, 1.165) is 39.0 Å². The second-order valence-corrected chi connectivity index (χ2v) is 9.02. The second-order valence-electron chi connectivity index (χ2n) is 6.83. The molecule has 1 atom stereocenters. The Kier molecular flexibility index (Phi) is 4.78. The third-order valence-electron chi connectivity index (χ3n) is 4.73. The summed E-state index contributed by atoms with van der Waals surface area (Å²) in [6, 6.07) is 8.82. The number of aromatic nitrogens is 1. The summed E-state index contributed by atoms with van der Waals surface area (Å²) in [5.41, 5.74) is 2.60. The highest BCUT2D eigenvalue weighted by Crippen LogP contribution is 2.22. The van der Waals surface area contributed by atoms with E-state index < -0.39 is 9.84 Å². The van der Waals surface area contributed by atoms with Gasteiger partial charge in [0.1, 0.15) is 9.84 Å². The molecule has 1 aliphatic heterocycles. The molecule has 0 amide bonds. The van der Waals surface area contributed by atoms with Gasteiger partial charge in [0.05, 0.1) is 5.75 Å². The molecule has 0 aliphatic carbocycles. The zero-order valence-electron chi connectivity index (χ0n) is 14.0. The van der Waals surface area contributed by atoms with E-state index in [1.807, 2.05) is 0 Å². The summed E-state index contributed by atoms with van der Waals surface area (Å²) in [5.74, 6) is 0.600. The lowest BCUT2D eigenvalue weighted by Crippen LogP contribution is -2.37. The fourth-order valence-electron chi connectivity index (χ4n) is 3.72. The minimum Gasteiger partial charge on any atom is -0.348 e. The summed E-state index contributed by atoms with van der Waals surface area (Å²) < 4.78 is 25.3. The van der Waals surface area contributed by atoms with Crippen molar-refractivity contribution in [1.29, 1.82) is 0 Å². The van der Waals surface area contributed by atoms with E-state index in [2.05, 4.69) is 46.9 Å². The molecule has 2 aromatic rings. The number of hydrogen-bond donors (Lipinski definition) is 0. The van der Waals surface area contributed by atoms with Crippen LogP contribution in [0.15, 0.2) is 30.5 Å². The molecular formula is C18H26N2O2S. The normalized spacial score (nSPS) is 20.2. The van der Waals surface area contributed by atoms with Crippen LogP contribution in [-0.4, -0.2) is 43.0 Å². The minimum atomic E-state index is -2.88. The molecule has 0 radical (unpaired) electrons. The first kappa shape index (κ1) is 16.5. The summed E-state index contributed by atoms with van der Waals surface area (Å²) in [6.45, 7) is 6.00. The van der Waals surface area contributed by atoms with E-state index in [-0.39, 0.29) is 5.92 Å². The van der Waals surface area contributed by atoms with Gasteiger partial charge in [0, 0.05) is 37.6 Å². The molecule has 0 saturated carbocycles. The lowest BCUT2D eigenvalue weighted by atomic mass is 9.99. The van der Waals surface area contributed by atoms with Crippen LogP contribution in [0.3, 0.4) is 0 Å². The largest absolute Gasteiger partial charge is 0.348 e. The van der Waals surface area contributed by atoms with Gasteiger partial charge in [0.25, 0.3) is 0 Å². The van der Waals surface area contributed by atoms with Crippen molar-refractivity contribution in [3.05, 3.63) is 36.0 Å². The summed E-state index contributed by atoms with van der Waals surface area (Å²) in [4.78, 5) is 2.40. The van der Waals surface area contributed by atoms with Crippen LogP contribution < -0.4 is 0 Å². The quantitative estimate of drug-likeness (QED) is 0.844. The summed E-state index contributed by atoms with van der Waals surface area (Å²) in [5, 5.41) is 1.28. The van der Waals surface area contributed by atoms with Crippen LogP contribution in [0.5, 0.6) is 0 Å². The topological polar surface area (TPSA) is 42.3 Å². The minimum absolute atomic E-state index is 0.280. The number of piperidine rings is 1. The van der Waals surface area contributed by atoms with E-state index >= 15 is 0 Å². The first-order valence-electron chi connectivity index (χ1n) is 8.42. The number of aryl methyl sites for hydroxylation is 1. The van der Waals surface area contributed by atoms with Crippen molar-refractivity contribution in [2.75, 3.05) is 25.1 Å². The van der Waals surface area contributed by atoms with Crippen molar-refractivity contribution in [3.8, 4) is 0 Å². The van der Waals surface area contributed by atoms with Crippen molar-refractivity contribution in [2.24, 2.45) is 5.92 Å². The van der Waals surface area contributed by atoms with Crippen LogP contribution in [-0.2, 0) is 22.9 Å². The number of nitrogens with zero attached hydrogens (tertiary/aromatic N) is 2.